The van der Waals surface area contributed by atoms with Crippen LogP contribution in [-0.2, 0) is 14.4 Å². The third-order valence-corrected chi connectivity index (χ3v) is 3.47. The van der Waals surface area contributed by atoms with Gasteiger partial charge in [0.15, 0.2) is 0 Å². The molecule has 0 rings (SSSR count). The standard InChI is InChI=1S/C17H37NO6/c1-2-3-4-5-6-7-8-9-12-22-16-17(21)15-18(23-13-10-19)24-14-11-20/h17,19-21H,2-16H2,1H3. The van der Waals surface area contributed by atoms with Gasteiger partial charge in [-0.3, -0.25) is 9.68 Å². The van der Waals surface area contributed by atoms with Crippen LogP contribution in [0.15, 0.2) is 0 Å². The summed E-state index contributed by atoms with van der Waals surface area (Å²) in [6.45, 7) is 3.00. The molecule has 0 aromatic carbocycles. The minimum absolute atomic E-state index is 0.0667. The predicted octanol–water partition coefficient (Wildman–Crippen LogP) is 1.65. The molecule has 0 fully saturated rings. The van der Waals surface area contributed by atoms with Crippen LogP contribution in [0.5, 0.6) is 0 Å². The second-order valence-electron chi connectivity index (χ2n) is 5.83. The molecule has 7 heteroatoms. The van der Waals surface area contributed by atoms with E-state index in [1.54, 1.807) is 0 Å². The van der Waals surface area contributed by atoms with Crippen molar-refractivity contribution in [3.8, 4) is 0 Å². The molecule has 24 heavy (non-hydrogen) atoms. The van der Waals surface area contributed by atoms with Crippen molar-refractivity contribution in [2.24, 2.45) is 0 Å². The molecule has 0 aliphatic rings. The molecule has 1 atom stereocenters. The van der Waals surface area contributed by atoms with Gasteiger partial charge in [0.2, 0.25) is 0 Å². The second kappa shape index (κ2) is 19.1. The van der Waals surface area contributed by atoms with Crippen molar-refractivity contribution >= 4 is 0 Å². The normalized spacial score (nSPS) is 12.9. The molecule has 1 unspecified atom stereocenters. The van der Waals surface area contributed by atoms with Crippen molar-refractivity contribution in [1.29, 1.82) is 0 Å². The van der Waals surface area contributed by atoms with Crippen molar-refractivity contribution in [2.75, 3.05) is 46.2 Å². The van der Waals surface area contributed by atoms with Crippen LogP contribution >= 0.6 is 0 Å². The number of hydrogen-bond acceptors (Lipinski definition) is 7. The van der Waals surface area contributed by atoms with Crippen LogP contribution in [-0.4, -0.2) is 72.8 Å². The van der Waals surface area contributed by atoms with Gasteiger partial charge in [0.25, 0.3) is 0 Å². The van der Waals surface area contributed by atoms with Gasteiger partial charge in [-0.1, -0.05) is 57.1 Å². The topological polar surface area (TPSA) is 91.6 Å². The van der Waals surface area contributed by atoms with E-state index >= 15 is 0 Å². The van der Waals surface area contributed by atoms with Crippen molar-refractivity contribution in [1.82, 2.24) is 5.23 Å². The first-order valence-corrected chi connectivity index (χ1v) is 9.25. The zero-order valence-corrected chi connectivity index (χ0v) is 15.2. The highest BCUT2D eigenvalue weighted by atomic mass is 16.9. The van der Waals surface area contributed by atoms with Gasteiger partial charge in [-0.15, -0.1) is 0 Å². The van der Waals surface area contributed by atoms with Crippen LogP contribution in [0.2, 0.25) is 0 Å². The average molecular weight is 351 g/mol. The van der Waals surface area contributed by atoms with E-state index in [2.05, 4.69) is 6.92 Å². The van der Waals surface area contributed by atoms with Gasteiger partial charge in [-0.05, 0) is 6.42 Å². The number of ether oxygens (including phenoxy) is 1. The molecule has 0 heterocycles. The smallest absolute Gasteiger partial charge is 0.0948 e. The Morgan fingerprint density at radius 1 is 0.792 bits per heavy atom. The van der Waals surface area contributed by atoms with Crippen LogP contribution in [0.3, 0.4) is 0 Å². The maximum Gasteiger partial charge on any atom is 0.0948 e. The van der Waals surface area contributed by atoms with Gasteiger partial charge in [0.1, 0.15) is 0 Å². The molecule has 146 valence electrons. The third kappa shape index (κ3) is 16.6. The molecule has 0 amide bonds. The summed E-state index contributed by atoms with van der Waals surface area (Å²) in [5, 5.41) is 28.4. The van der Waals surface area contributed by atoms with Gasteiger partial charge in [0.05, 0.1) is 45.7 Å². The SMILES string of the molecule is CCCCCCCCCCOCC(O)CN(OCCO)OCCO. The minimum atomic E-state index is -0.753. The summed E-state index contributed by atoms with van der Waals surface area (Å²) >= 11 is 0. The van der Waals surface area contributed by atoms with E-state index in [1.807, 2.05) is 0 Å². The molecule has 3 N–H and O–H groups in total. The average Bonchev–Trinajstić information content (AvgIpc) is 2.59. The Labute approximate surface area is 146 Å². The van der Waals surface area contributed by atoms with Crippen LogP contribution in [0, 0.1) is 0 Å². The molecule has 0 radical (unpaired) electrons. The van der Waals surface area contributed by atoms with Crippen molar-refractivity contribution in [3.63, 3.8) is 0 Å². The Morgan fingerprint density at radius 2 is 1.33 bits per heavy atom. The Hall–Kier alpha value is -0.280. The number of nitrogens with zero attached hydrogens (tertiary/aromatic N) is 1. The quantitative estimate of drug-likeness (QED) is 0.241. The van der Waals surface area contributed by atoms with E-state index in [0.717, 1.165) is 18.1 Å². The summed E-state index contributed by atoms with van der Waals surface area (Å²) in [7, 11) is 0. The highest BCUT2D eigenvalue weighted by Crippen LogP contribution is 2.08. The molecule has 0 saturated carbocycles. The first-order valence-electron chi connectivity index (χ1n) is 9.25. The Balaban J connectivity index is 3.52. The molecule has 0 aliphatic carbocycles. The Morgan fingerprint density at radius 3 is 1.88 bits per heavy atom. The van der Waals surface area contributed by atoms with Crippen LogP contribution in [0.4, 0.5) is 0 Å². The lowest BCUT2D eigenvalue weighted by atomic mass is 10.1. The minimum Gasteiger partial charge on any atom is -0.394 e. The Bertz CT molecular complexity index is 237. The highest BCUT2D eigenvalue weighted by molar-refractivity contribution is 4.54. The van der Waals surface area contributed by atoms with E-state index < -0.39 is 6.10 Å². The molecule has 7 nitrogen and oxygen atoms in total. The zero-order chi connectivity index (χ0) is 17.9. The summed E-state index contributed by atoms with van der Waals surface area (Å²) < 4.78 is 5.46. The lowest BCUT2D eigenvalue weighted by Gasteiger charge is -2.22. The van der Waals surface area contributed by atoms with Gasteiger partial charge < -0.3 is 20.1 Å². The molecule has 0 aliphatic heterocycles. The summed E-state index contributed by atoms with van der Waals surface area (Å²) in [4.78, 5) is 10.2. The first kappa shape index (κ1) is 23.7. The van der Waals surface area contributed by atoms with Crippen LogP contribution < -0.4 is 0 Å². The van der Waals surface area contributed by atoms with E-state index in [0.29, 0.717) is 6.61 Å². The summed E-state index contributed by atoms with van der Waals surface area (Å²) in [6, 6.07) is 0. The van der Waals surface area contributed by atoms with Gasteiger partial charge in [-0.2, -0.15) is 0 Å². The number of aliphatic hydroxyl groups is 3. The molecule has 0 spiro atoms. The first-order chi connectivity index (χ1) is 11.7. The van der Waals surface area contributed by atoms with Crippen molar-refractivity contribution in [3.05, 3.63) is 0 Å². The lowest BCUT2D eigenvalue weighted by Crippen LogP contribution is -2.36. The molecule has 0 aromatic rings. The summed E-state index contributed by atoms with van der Waals surface area (Å²) in [6.07, 6.45) is 9.23. The molecule has 0 aromatic heterocycles. The van der Waals surface area contributed by atoms with Crippen molar-refractivity contribution in [2.45, 2.75) is 64.4 Å². The number of aliphatic hydroxyl groups excluding tert-OH is 3. The largest absolute Gasteiger partial charge is 0.394 e. The second-order valence-corrected chi connectivity index (χ2v) is 5.83. The molecule has 0 saturated heterocycles. The van der Waals surface area contributed by atoms with Gasteiger partial charge in [-0.25, -0.2) is 0 Å². The number of hydrogen-bond donors (Lipinski definition) is 3. The number of unbranched alkanes of at least 4 members (excludes halogenated alkanes) is 7. The van der Waals surface area contributed by atoms with Gasteiger partial charge >= 0.3 is 0 Å². The lowest BCUT2D eigenvalue weighted by molar-refractivity contribution is -0.377. The van der Waals surface area contributed by atoms with Crippen molar-refractivity contribution < 1.29 is 29.7 Å². The fraction of sp³-hybridized carbons (Fsp3) is 1.00. The maximum atomic E-state index is 9.89. The molecular weight excluding hydrogens is 314 g/mol. The van der Waals surface area contributed by atoms with E-state index in [9.17, 15) is 5.11 Å². The summed E-state index contributed by atoms with van der Waals surface area (Å²) in [5.74, 6) is 0. The predicted molar refractivity (Wildman–Crippen MR) is 92.2 cm³/mol. The monoisotopic (exact) mass is 351 g/mol. The van der Waals surface area contributed by atoms with E-state index in [1.165, 1.54) is 38.5 Å². The van der Waals surface area contributed by atoms with Crippen LogP contribution in [0.1, 0.15) is 58.3 Å². The van der Waals surface area contributed by atoms with E-state index in [4.69, 9.17) is 24.6 Å². The highest BCUT2D eigenvalue weighted by Gasteiger charge is 2.13. The fourth-order valence-electron chi connectivity index (χ4n) is 2.21. The zero-order valence-electron chi connectivity index (χ0n) is 15.2. The maximum absolute atomic E-state index is 9.89. The number of rotatable bonds is 19. The Kier molecular flexibility index (Phi) is 18.8. The van der Waals surface area contributed by atoms with E-state index in [-0.39, 0.29) is 39.6 Å². The number of hydroxylamine groups is 2. The molecule has 0 bridgehead atoms. The third-order valence-electron chi connectivity index (χ3n) is 3.47. The summed E-state index contributed by atoms with van der Waals surface area (Å²) in [5.41, 5.74) is 0. The fourth-order valence-corrected chi connectivity index (χ4v) is 2.21. The van der Waals surface area contributed by atoms with Crippen LogP contribution in [0.25, 0.3) is 0 Å². The van der Waals surface area contributed by atoms with Gasteiger partial charge in [0, 0.05) is 6.61 Å². The molecular formula is C17H37NO6.